The second kappa shape index (κ2) is 8.39. The molecule has 0 aliphatic rings. The summed E-state index contributed by atoms with van der Waals surface area (Å²) in [7, 11) is 1.13. The number of nitriles is 1. The highest BCUT2D eigenvalue weighted by Crippen LogP contribution is 2.03. The highest BCUT2D eigenvalue weighted by molar-refractivity contribution is 5.95. The summed E-state index contributed by atoms with van der Waals surface area (Å²) in [4.78, 5) is 47.5. The molecule has 2 amide bonds. The molecular formula is C17H13FN4O5. The van der Waals surface area contributed by atoms with E-state index in [0.29, 0.717) is 0 Å². The van der Waals surface area contributed by atoms with Crippen molar-refractivity contribution in [2.75, 3.05) is 7.11 Å². The molecule has 1 aromatic heterocycles. The van der Waals surface area contributed by atoms with Crippen molar-refractivity contribution in [1.29, 1.82) is 5.26 Å². The fourth-order valence-electron chi connectivity index (χ4n) is 2.06. The van der Waals surface area contributed by atoms with Crippen molar-refractivity contribution in [1.82, 2.24) is 15.4 Å². The minimum absolute atomic E-state index is 0.0863. The molecule has 0 aliphatic carbocycles. The number of carbonyl (C=O) groups excluding carboxylic acids is 3. The van der Waals surface area contributed by atoms with E-state index in [1.54, 1.807) is 6.07 Å². The number of esters is 1. The highest BCUT2D eigenvalue weighted by Gasteiger charge is 2.15. The molecule has 1 heterocycles. The Morgan fingerprint density at radius 2 is 1.85 bits per heavy atom. The number of hydrogen-bond donors (Lipinski definition) is 2. The van der Waals surface area contributed by atoms with Gasteiger partial charge in [-0.1, -0.05) is 0 Å². The number of hydrazine groups is 1. The van der Waals surface area contributed by atoms with Gasteiger partial charge in [-0.2, -0.15) is 5.26 Å². The van der Waals surface area contributed by atoms with Crippen molar-refractivity contribution < 1.29 is 23.5 Å². The minimum Gasteiger partial charge on any atom is -0.465 e. The summed E-state index contributed by atoms with van der Waals surface area (Å²) in [5, 5.41) is 8.98. The zero-order valence-corrected chi connectivity index (χ0v) is 14.0. The summed E-state index contributed by atoms with van der Waals surface area (Å²) in [5.41, 5.74) is 3.07. The topological polar surface area (TPSA) is 130 Å². The van der Waals surface area contributed by atoms with Gasteiger partial charge >= 0.3 is 5.97 Å². The number of amides is 2. The Bertz CT molecular complexity index is 992. The van der Waals surface area contributed by atoms with Crippen molar-refractivity contribution in [3.63, 3.8) is 0 Å². The highest BCUT2D eigenvalue weighted by atomic mass is 19.1. The first-order valence-electron chi connectivity index (χ1n) is 7.43. The van der Waals surface area contributed by atoms with Gasteiger partial charge in [0.15, 0.2) is 0 Å². The number of pyridine rings is 1. The standard InChI is InChI=1S/C17H13FN4O5/c1-27-17(26)12-6-11(7-19)16(25)22(8-12)9-14(23)20-21-15(24)10-2-4-13(18)5-3-10/h2-6,8H,9H2,1H3,(H,20,23)(H,21,24). The van der Waals surface area contributed by atoms with E-state index in [-0.39, 0.29) is 16.7 Å². The molecule has 0 bridgehead atoms. The number of hydrogen-bond acceptors (Lipinski definition) is 6. The molecule has 27 heavy (non-hydrogen) atoms. The van der Waals surface area contributed by atoms with Crippen molar-refractivity contribution >= 4 is 17.8 Å². The fourth-order valence-corrected chi connectivity index (χ4v) is 2.06. The summed E-state index contributed by atoms with van der Waals surface area (Å²) < 4.78 is 18.2. The first-order valence-corrected chi connectivity index (χ1v) is 7.43. The van der Waals surface area contributed by atoms with Crippen molar-refractivity contribution in [3.05, 3.63) is 69.4 Å². The van der Waals surface area contributed by atoms with Crippen LogP contribution in [0.4, 0.5) is 4.39 Å². The van der Waals surface area contributed by atoms with Crippen LogP contribution in [0.5, 0.6) is 0 Å². The largest absolute Gasteiger partial charge is 0.465 e. The lowest BCUT2D eigenvalue weighted by Gasteiger charge is -2.10. The predicted octanol–water partition coefficient (Wildman–Crippen LogP) is 0.107. The zero-order chi connectivity index (χ0) is 20.0. The molecular weight excluding hydrogens is 359 g/mol. The lowest BCUT2D eigenvalue weighted by atomic mass is 10.2. The van der Waals surface area contributed by atoms with E-state index in [0.717, 1.165) is 36.1 Å². The van der Waals surface area contributed by atoms with Gasteiger partial charge in [0.05, 0.1) is 12.7 Å². The quantitative estimate of drug-likeness (QED) is 0.579. The van der Waals surface area contributed by atoms with E-state index < -0.39 is 35.7 Å². The molecule has 0 saturated heterocycles. The Morgan fingerprint density at radius 3 is 2.44 bits per heavy atom. The molecule has 0 fully saturated rings. The van der Waals surface area contributed by atoms with Crippen LogP contribution in [0, 0.1) is 17.1 Å². The van der Waals surface area contributed by atoms with Crippen LogP contribution in [0.15, 0.2) is 41.3 Å². The Morgan fingerprint density at radius 1 is 1.19 bits per heavy atom. The number of carbonyl (C=O) groups is 3. The van der Waals surface area contributed by atoms with Gasteiger partial charge in [-0.3, -0.25) is 25.2 Å². The molecule has 10 heteroatoms. The number of ether oxygens (including phenoxy) is 1. The van der Waals surface area contributed by atoms with E-state index in [1.165, 1.54) is 12.1 Å². The van der Waals surface area contributed by atoms with Gasteiger partial charge in [0.1, 0.15) is 24.0 Å². The van der Waals surface area contributed by atoms with E-state index in [2.05, 4.69) is 15.6 Å². The Labute approximate surface area is 151 Å². The number of nitrogens with one attached hydrogen (secondary N) is 2. The lowest BCUT2D eigenvalue weighted by molar-refractivity contribution is -0.122. The third-order valence-corrected chi connectivity index (χ3v) is 3.36. The van der Waals surface area contributed by atoms with Gasteiger partial charge in [0.25, 0.3) is 17.4 Å². The van der Waals surface area contributed by atoms with Gasteiger partial charge in [-0.25, -0.2) is 9.18 Å². The van der Waals surface area contributed by atoms with Crippen LogP contribution in [0.2, 0.25) is 0 Å². The molecule has 9 nitrogen and oxygen atoms in total. The first-order chi connectivity index (χ1) is 12.8. The number of methoxy groups -OCH3 is 1. The second-order valence-corrected chi connectivity index (χ2v) is 5.19. The Balaban J connectivity index is 2.10. The van der Waals surface area contributed by atoms with Crippen LogP contribution in [-0.2, 0) is 16.1 Å². The molecule has 0 spiro atoms. The molecule has 138 valence electrons. The predicted molar refractivity (Wildman–Crippen MR) is 88.8 cm³/mol. The van der Waals surface area contributed by atoms with Crippen LogP contribution in [0.1, 0.15) is 26.3 Å². The van der Waals surface area contributed by atoms with Crippen LogP contribution in [-0.4, -0.2) is 29.5 Å². The number of aromatic nitrogens is 1. The molecule has 1 aromatic carbocycles. The van der Waals surface area contributed by atoms with Crippen molar-refractivity contribution in [2.24, 2.45) is 0 Å². The molecule has 2 aromatic rings. The second-order valence-electron chi connectivity index (χ2n) is 5.19. The smallest absolute Gasteiger partial charge is 0.339 e. The van der Waals surface area contributed by atoms with Gasteiger partial charge in [-0.05, 0) is 30.3 Å². The van der Waals surface area contributed by atoms with Gasteiger partial charge in [0.2, 0.25) is 0 Å². The fraction of sp³-hybridized carbons (Fsp3) is 0.118. The number of halogens is 1. The number of nitrogens with zero attached hydrogens (tertiary/aromatic N) is 2. The van der Waals surface area contributed by atoms with Gasteiger partial charge in [-0.15, -0.1) is 0 Å². The van der Waals surface area contributed by atoms with E-state index in [4.69, 9.17) is 5.26 Å². The molecule has 2 rings (SSSR count). The maximum Gasteiger partial charge on any atom is 0.339 e. The molecule has 2 N–H and O–H groups in total. The maximum absolute atomic E-state index is 12.8. The SMILES string of the molecule is COC(=O)c1cc(C#N)c(=O)n(CC(=O)NNC(=O)c2ccc(F)cc2)c1. The third kappa shape index (κ3) is 4.76. The average molecular weight is 372 g/mol. The minimum atomic E-state index is -0.793. The Hall–Kier alpha value is -4.00. The monoisotopic (exact) mass is 372 g/mol. The van der Waals surface area contributed by atoms with E-state index in [1.807, 2.05) is 0 Å². The molecule has 0 atom stereocenters. The number of rotatable bonds is 4. The normalized spacial score (nSPS) is 9.81. The Kier molecular flexibility index (Phi) is 6.01. The van der Waals surface area contributed by atoms with Gasteiger partial charge in [0, 0.05) is 11.8 Å². The summed E-state index contributed by atoms with van der Waals surface area (Å²) in [6, 6.07) is 7.29. The molecule has 0 radical (unpaired) electrons. The molecule has 0 aliphatic heterocycles. The first kappa shape index (κ1) is 19.3. The summed E-state index contributed by atoms with van der Waals surface area (Å²) in [6.45, 7) is -0.567. The summed E-state index contributed by atoms with van der Waals surface area (Å²) >= 11 is 0. The van der Waals surface area contributed by atoms with Crippen molar-refractivity contribution in [2.45, 2.75) is 6.54 Å². The zero-order valence-electron chi connectivity index (χ0n) is 14.0. The molecule has 0 saturated carbocycles. The summed E-state index contributed by atoms with van der Waals surface area (Å²) in [6.07, 6.45) is 1.07. The van der Waals surface area contributed by atoms with Crippen LogP contribution in [0.3, 0.4) is 0 Å². The summed E-state index contributed by atoms with van der Waals surface area (Å²) in [5.74, 6) is -2.80. The average Bonchev–Trinajstić information content (AvgIpc) is 2.67. The number of benzene rings is 1. The van der Waals surface area contributed by atoms with Crippen LogP contribution >= 0.6 is 0 Å². The van der Waals surface area contributed by atoms with Gasteiger partial charge < -0.3 is 9.30 Å². The van der Waals surface area contributed by atoms with E-state index in [9.17, 15) is 23.6 Å². The molecule has 0 unspecified atom stereocenters. The van der Waals surface area contributed by atoms with Crippen LogP contribution in [0.25, 0.3) is 0 Å². The van der Waals surface area contributed by atoms with E-state index >= 15 is 0 Å². The van der Waals surface area contributed by atoms with Crippen LogP contribution < -0.4 is 16.4 Å². The third-order valence-electron chi connectivity index (χ3n) is 3.36. The lowest BCUT2D eigenvalue weighted by Crippen LogP contribution is -2.44. The van der Waals surface area contributed by atoms with Crippen molar-refractivity contribution in [3.8, 4) is 6.07 Å². The maximum atomic E-state index is 12.8.